The molecule has 0 fully saturated rings. The summed E-state index contributed by atoms with van der Waals surface area (Å²) in [5, 5.41) is 3.36. The zero-order valence-corrected chi connectivity index (χ0v) is 12.3. The molecule has 4 heteroatoms. The Kier molecular flexibility index (Phi) is 4.99. The summed E-state index contributed by atoms with van der Waals surface area (Å²) in [6.07, 6.45) is 0. The first-order valence-electron chi connectivity index (χ1n) is 6.53. The van der Waals surface area contributed by atoms with Crippen LogP contribution in [-0.4, -0.2) is 6.54 Å². The van der Waals surface area contributed by atoms with Crippen LogP contribution < -0.4 is 10.1 Å². The molecule has 2 aromatic rings. The lowest BCUT2D eigenvalue weighted by atomic mass is 10.1. The maximum absolute atomic E-state index is 13.4. The van der Waals surface area contributed by atoms with Gasteiger partial charge in [-0.1, -0.05) is 30.7 Å². The van der Waals surface area contributed by atoms with Crippen molar-refractivity contribution < 1.29 is 9.13 Å². The maximum Gasteiger partial charge on any atom is 0.145 e. The van der Waals surface area contributed by atoms with Crippen LogP contribution in [0.25, 0.3) is 0 Å². The molecule has 0 aliphatic carbocycles. The Morgan fingerprint density at radius 1 is 1.20 bits per heavy atom. The lowest BCUT2D eigenvalue weighted by molar-refractivity contribution is 0.473. The topological polar surface area (TPSA) is 21.3 Å². The first kappa shape index (κ1) is 14.8. The fourth-order valence-electron chi connectivity index (χ4n) is 1.87. The summed E-state index contributed by atoms with van der Waals surface area (Å²) in [6.45, 7) is 5.80. The van der Waals surface area contributed by atoms with Crippen LogP contribution in [0.2, 0.25) is 5.02 Å². The second-order valence-corrected chi connectivity index (χ2v) is 4.97. The molecule has 0 aromatic heterocycles. The van der Waals surface area contributed by atoms with Gasteiger partial charge >= 0.3 is 0 Å². The number of halogens is 2. The van der Waals surface area contributed by atoms with Crippen molar-refractivity contribution in [2.24, 2.45) is 0 Å². The number of hydrogen-bond acceptors (Lipinski definition) is 2. The second-order valence-electron chi connectivity index (χ2n) is 4.56. The van der Waals surface area contributed by atoms with Crippen molar-refractivity contribution in [3.05, 3.63) is 58.4 Å². The van der Waals surface area contributed by atoms with Crippen LogP contribution >= 0.6 is 11.6 Å². The molecule has 0 saturated carbocycles. The molecule has 20 heavy (non-hydrogen) atoms. The first-order chi connectivity index (χ1) is 9.60. The molecule has 0 aliphatic heterocycles. The minimum atomic E-state index is -0.481. The third kappa shape index (κ3) is 3.71. The number of hydrogen-bond donors (Lipinski definition) is 1. The molecule has 0 unspecified atom stereocenters. The molecule has 0 atom stereocenters. The first-order valence-corrected chi connectivity index (χ1v) is 6.91. The predicted octanol–water partition coefficient (Wildman–Crippen LogP) is 4.69. The van der Waals surface area contributed by atoms with Crippen LogP contribution in [0.4, 0.5) is 4.39 Å². The smallest absolute Gasteiger partial charge is 0.145 e. The summed E-state index contributed by atoms with van der Waals surface area (Å²) in [5.41, 5.74) is 2.20. The summed E-state index contributed by atoms with van der Waals surface area (Å²) < 4.78 is 19.1. The molecular formula is C16H17ClFNO. The van der Waals surface area contributed by atoms with Gasteiger partial charge in [0.15, 0.2) is 0 Å². The number of benzene rings is 2. The van der Waals surface area contributed by atoms with Crippen molar-refractivity contribution in [1.82, 2.24) is 5.32 Å². The van der Waals surface area contributed by atoms with E-state index in [0.717, 1.165) is 18.7 Å². The van der Waals surface area contributed by atoms with Gasteiger partial charge in [0.05, 0.1) is 5.02 Å². The Labute approximate surface area is 123 Å². The van der Waals surface area contributed by atoms with Crippen molar-refractivity contribution in [1.29, 1.82) is 0 Å². The third-order valence-electron chi connectivity index (χ3n) is 2.94. The molecular weight excluding hydrogens is 277 g/mol. The van der Waals surface area contributed by atoms with Gasteiger partial charge < -0.3 is 10.1 Å². The van der Waals surface area contributed by atoms with Crippen molar-refractivity contribution in [2.75, 3.05) is 6.54 Å². The summed E-state index contributed by atoms with van der Waals surface area (Å²) >= 11 is 5.65. The van der Waals surface area contributed by atoms with E-state index in [1.807, 2.05) is 19.1 Å². The lowest BCUT2D eigenvalue weighted by Gasteiger charge is -2.11. The van der Waals surface area contributed by atoms with Crippen molar-refractivity contribution >= 4 is 11.6 Å². The van der Waals surface area contributed by atoms with Gasteiger partial charge in [-0.3, -0.25) is 0 Å². The zero-order valence-electron chi connectivity index (χ0n) is 11.5. The number of nitrogens with one attached hydrogen (secondary N) is 1. The van der Waals surface area contributed by atoms with Gasteiger partial charge in [0.1, 0.15) is 17.3 Å². The van der Waals surface area contributed by atoms with E-state index < -0.39 is 5.82 Å². The zero-order chi connectivity index (χ0) is 14.5. The number of aryl methyl sites for hydroxylation is 1. The van der Waals surface area contributed by atoms with Gasteiger partial charge in [-0.25, -0.2) is 4.39 Å². The fourth-order valence-corrected chi connectivity index (χ4v) is 1.99. The van der Waals surface area contributed by atoms with E-state index in [1.54, 1.807) is 6.07 Å². The van der Waals surface area contributed by atoms with Crippen LogP contribution in [-0.2, 0) is 6.54 Å². The minimum absolute atomic E-state index is 0.0926. The van der Waals surface area contributed by atoms with E-state index in [-0.39, 0.29) is 5.02 Å². The monoisotopic (exact) mass is 293 g/mol. The van der Waals surface area contributed by atoms with E-state index in [2.05, 4.69) is 18.3 Å². The Morgan fingerprint density at radius 2 is 2.00 bits per heavy atom. The molecule has 2 aromatic carbocycles. The third-order valence-corrected chi connectivity index (χ3v) is 3.24. The molecule has 0 radical (unpaired) electrons. The second kappa shape index (κ2) is 6.73. The Hall–Kier alpha value is -1.58. The molecule has 0 bridgehead atoms. The van der Waals surface area contributed by atoms with Crippen LogP contribution in [0.1, 0.15) is 18.1 Å². The van der Waals surface area contributed by atoms with Gasteiger partial charge in [-0.05, 0) is 42.8 Å². The van der Waals surface area contributed by atoms with Crippen molar-refractivity contribution in [2.45, 2.75) is 20.4 Å². The summed E-state index contributed by atoms with van der Waals surface area (Å²) in [5.74, 6) is 0.673. The highest BCUT2D eigenvalue weighted by Gasteiger charge is 2.06. The Balaban J connectivity index is 2.14. The van der Waals surface area contributed by atoms with Crippen molar-refractivity contribution in [3.8, 4) is 11.5 Å². The molecule has 0 amide bonds. The molecule has 0 saturated heterocycles. The van der Waals surface area contributed by atoms with Gasteiger partial charge in [-0.15, -0.1) is 0 Å². The minimum Gasteiger partial charge on any atom is -0.457 e. The molecule has 106 valence electrons. The molecule has 0 heterocycles. The average Bonchev–Trinajstić information content (AvgIpc) is 2.43. The normalized spacial score (nSPS) is 10.6. The quantitative estimate of drug-likeness (QED) is 0.863. The van der Waals surface area contributed by atoms with E-state index in [4.69, 9.17) is 16.3 Å². The molecule has 2 nitrogen and oxygen atoms in total. The van der Waals surface area contributed by atoms with Crippen LogP contribution in [0.15, 0.2) is 36.4 Å². The molecule has 0 aliphatic rings. The summed E-state index contributed by atoms with van der Waals surface area (Å²) in [6, 6.07) is 10.4. The van der Waals surface area contributed by atoms with Crippen LogP contribution in [0.3, 0.4) is 0 Å². The number of rotatable bonds is 5. The standard InChI is InChI=1S/C16H17ClFNO/c1-3-19-10-12-4-7-16(11(2)8-12)20-13-5-6-14(17)15(18)9-13/h4-9,19H,3,10H2,1-2H3. The largest absolute Gasteiger partial charge is 0.457 e. The van der Waals surface area contributed by atoms with Crippen LogP contribution in [0, 0.1) is 12.7 Å². The fraction of sp³-hybridized carbons (Fsp3) is 0.250. The highest BCUT2D eigenvalue weighted by molar-refractivity contribution is 6.30. The number of ether oxygens (including phenoxy) is 1. The van der Waals surface area contributed by atoms with Crippen LogP contribution in [0.5, 0.6) is 11.5 Å². The van der Waals surface area contributed by atoms with Gasteiger partial charge in [0.25, 0.3) is 0 Å². The molecule has 0 spiro atoms. The average molecular weight is 294 g/mol. The Bertz CT molecular complexity index is 601. The van der Waals surface area contributed by atoms with E-state index in [9.17, 15) is 4.39 Å². The Morgan fingerprint density at radius 3 is 2.65 bits per heavy atom. The SMILES string of the molecule is CCNCc1ccc(Oc2ccc(Cl)c(F)c2)c(C)c1. The summed E-state index contributed by atoms with van der Waals surface area (Å²) in [7, 11) is 0. The van der Waals surface area contributed by atoms with E-state index in [1.165, 1.54) is 17.7 Å². The summed E-state index contributed by atoms with van der Waals surface area (Å²) in [4.78, 5) is 0. The highest BCUT2D eigenvalue weighted by atomic mass is 35.5. The maximum atomic E-state index is 13.4. The van der Waals surface area contributed by atoms with E-state index >= 15 is 0 Å². The van der Waals surface area contributed by atoms with Gasteiger partial charge in [-0.2, -0.15) is 0 Å². The highest BCUT2D eigenvalue weighted by Crippen LogP contribution is 2.28. The van der Waals surface area contributed by atoms with Crippen molar-refractivity contribution in [3.63, 3.8) is 0 Å². The molecule has 2 rings (SSSR count). The van der Waals surface area contributed by atoms with Gasteiger partial charge in [0.2, 0.25) is 0 Å². The lowest BCUT2D eigenvalue weighted by Crippen LogP contribution is -2.11. The predicted molar refractivity (Wildman–Crippen MR) is 80.0 cm³/mol. The van der Waals surface area contributed by atoms with Gasteiger partial charge in [0, 0.05) is 12.6 Å². The van der Waals surface area contributed by atoms with E-state index in [0.29, 0.717) is 11.5 Å². The molecule has 1 N–H and O–H groups in total.